The summed E-state index contributed by atoms with van der Waals surface area (Å²) in [4.78, 5) is 25.0. The molecule has 2 N–H and O–H groups in total. The molecule has 0 bridgehead atoms. The van der Waals surface area contributed by atoms with Gasteiger partial charge in [0.2, 0.25) is 5.91 Å². The number of benzene rings is 1. The number of halogens is 2. The number of ether oxygens (including phenoxy) is 1. The number of urea groups is 1. The second kappa shape index (κ2) is 8.30. The minimum atomic E-state index is -2.95. The summed E-state index contributed by atoms with van der Waals surface area (Å²) in [7, 11) is 3.16. The van der Waals surface area contributed by atoms with E-state index < -0.39 is 24.7 Å². The Kier molecular flexibility index (Phi) is 6.74. The maximum Gasteiger partial charge on any atom is 0.387 e. The monoisotopic (exact) mass is 329 g/mol. The second-order valence-electron chi connectivity index (χ2n) is 5.21. The van der Waals surface area contributed by atoms with E-state index in [1.54, 1.807) is 46.1 Å². The quantitative estimate of drug-likeness (QED) is 0.840. The van der Waals surface area contributed by atoms with E-state index in [0.29, 0.717) is 5.56 Å². The van der Waals surface area contributed by atoms with Gasteiger partial charge in [-0.2, -0.15) is 8.78 Å². The minimum Gasteiger partial charge on any atom is -0.434 e. The van der Waals surface area contributed by atoms with Crippen molar-refractivity contribution in [3.8, 4) is 5.75 Å². The fourth-order valence-electron chi connectivity index (χ4n) is 2.00. The first-order valence-corrected chi connectivity index (χ1v) is 7.04. The van der Waals surface area contributed by atoms with E-state index in [9.17, 15) is 18.4 Å². The largest absolute Gasteiger partial charge is 0.434 e. The molecule has 6 nitrogen and oxygen atoms in total. The van der Waals surface area contributed by atoms with Crippen LogP contribution in [0.1, 0.15) is 25.5 Å². The number of rotatable bonds is 6. The molecular formula is C15H21F2N3O3. The molecule has 0 saturated carbocycles. The fourth-order valence-corrected chi connectivity index (χ4v) is 2.00. The summed E-state index contributed by atoms with van der Waals surface area (Å²) in [6.45, 7) is 0.237. The Morgan fingerprint density at radius 3 is 2.30 bits per heavy atom. The molecule has 0 spiro atoms. The van der Waals surface area contributed by atoms with Gasteiger partial charge in [0, 0.05) is 19.7 Å². The van der Waals surface area contributed by atoms with E-state index in [2.05, 4.69) is 15.4 Å². The first kappa shape index (κ1) is 18.7. The Labute approximate surface area is 133 Å². The number of para-hydroxylation sites is 1. The highest BCUT2D eigenvalue weighted by molar-refractivity contribution is 5.86. The lowest BCUT2D eigenvalue weighted by molar-refractivity contribution is -0.130. The van der Waals surface area contributed by atoms with Crippen molar-refractivity contribution in [3.63, 3.8) is 0 Å². The summed E-state index contributed by atoms with van der Waals surface area (Å²) in [6.07, 6.45) is 0. The van der Waals surface area contributed by atoms with Gasteiger partial charge >= 0.3 is 12.6 Å². The molecular weight excluding hydrogens is 308 g/mol. The van der Waals surface area contributed by atoms with Crippen LogP contribution in [0.25, 0.3) is 0 Å². The zero-order valence-corrected chi connectivity index (χ0v) is 13.5. The number of carbonyl (C=O) groups excluding carboxylic acids is 2. The third-order valence-electron chi connectivity index (χ3n) is 3.11. The first-order chi connectivity index (χ1) is 10.7. The Morgan fingerprint density at radius 2 is 1.74 bits per heavy atom. The van der Waals surface area contributed by atoms with Crippen molar-refractivity contribution in [2.45, 2.75) is 32.5 Å². The van der Waals surface area contributed by atoms with Gasteiger partial charge in [0.1, 0.15) is 11.8 Å². The van der Waals surface area contributed by atoms with Gasteiger partial charge in [0.05, 0.1) is 6.04 Å². The summed E-state index contributed by atoms with van der Waals surface area (Å²) in [5.41, 5.74) is 0.412. The van der Waals surface area contributed by atoms with Crippen LogP contribution in [0, 0.1) is 0 Å². The number of amides is 3. The van der Waals surface area contributed by atoms with Gasteiger partial charge in [-0.1, -0.05) is 18.2 Å². The molecule has 0 aliphatic carbocycles. The Balaban J connectivity index is 2.71. The molecule has 0 aliphatic heterocycles. The van der Waals surface area contributed by atoms with Gasteiger partial charge in [0.15, 0.2) is 0 Å². The molecule has 3 amide bonds. The van der Waals surface area contributed by atoms with Gasteiger partial charge in [0.25, 0.3) is 0 Å². The van der Waals surface area contributed by atoms with E-state index in [-0.39, 0.29) is 11.7 Å². The third-order valence-corrected chi connectivity index (χ3v) is 3.11. The van der Waals surface area contributed by atoms with Crippen LogP contribution < -0.4 is 15.4 Å². The zero-order valence-electron chi connectivity index (χ0n) is 13.5. The smallest absolute Gasteiger partial charge is 0.387 e. The van der Waals surface area contributed by atoms with Crippen LogP contribution in [0.3, 0.4) is 0 Å². The Bertz CT molecular complexity index is 553. The molecule has 0 aliphatic rings. The SMILES string of the molecule is C[C@H](NC(=O)N[C@@H](C)c1ccccc1OC(F)F)C(=O)N(C)C. The van der Waals surface area contributed by atoms with E-state index in [4.69, 9.17) is 0 Å². The molecule has 1 rings (SSSR count). The highest BCUT2D eigenvalue weighted by atomic mass is 19.3. The molecule has 23 heavy (non-hydrogen) atoms. The van der Waals surface area contributed by atoms with Crippen LogP contribution >= 0.6 is 0 Å². The van der Waals surface area contributed by atoms with Gasteiger partial charge < -0.3 is 20.3 Å². The zero-order chi connectivity index (χ0) is 17.6. The van der Waals surface area contributed by atoms with Crippen LogP contribution in [0.2, 0.25) is 0 Å². The molecule has 128 valence electrons. The van der Waals surface area contributed by atoms with Crippen molar-refractivity contribution in [1.82, 2.24) is 15.5 Å². The second-order valence-corrected chi connectivity index (χ2v) is 5.21. The van der Waals surface area contributed by atoms with Gasteiger partial charge in [-0.05, 0) is 19.9 Å². The number of alkyl halides is 2. The van der Waals surface area contributed by atoms with Crippen molar-refractivity contribution in [2.75, 3.05) is 14.1 Å². The van der Waals surface area contributed by atoms with Crippen LogP contribution in [0.15, 0.2) is 24.3 Å². The Hall–Kier alpha value is -2.38. The topological polar surface area (TPSA) is 70.7 Å². The summed E-state index contributed by atoms with van der Waals surface area (Å²) in [5, 5.41) is 5.08. The first-order valence-electron chi connectivity index (χ1n) is 7.04. The lowest BCUT2D eigenvalue weighted by Gasteiger charge is -2.21. The van der Waals surface area contributed by atoms with Crippen molar-refractivity contribution in [3.05, 3.63) is 29.8 Å². The van der Waals surface area contributed by atoms with Crippen molar-refractivity contribution in [1.29, 1.82) is 0 Å². The van der Waals surface area contributed by atoms with Crippen LogP contribution in [-0.4, -0.2) is 43.6 Å². The lowest BCUT2D eigenvalue weighted by atomic mass is 10.1. The molecule has 0 fully saturated rings. The van der Waals surface area contributed by atoms with Crippen LogP contribution in [-0.2, 0) is 4.79 Å². The maximum atomic E-state index is 12.4. The molecule has 0 aromatic heterocycles. The van der Waals surface area contributed by atoms with E-state index in [1.165, 1.54) is 11.0 Å². The molecule has 1 aromatic rings. The lowest BCUT2D eigenvalue weighted by Crippen LogP contribution is -2.48. The predicted octanol–water partition coefficient (Wildman–Crippen LogP) is 2.12. The number of hydrogen-bond acceptors (Lipinski definition) is 3. The van der Waals surface area contributed by atoms with Gasteiger partial charge in [-0.25, -0.2) is 4.79 Å². The highest BCUT2D eigenvalue weighted by Gasteiger charge is 2.20. The molecule has 0 heterocycles. The minimum absolute atomic E-state index is 0.00674. The van der Waals surface area contributed by atoms with Crippen LogP contribution in [0.5, 0.6) is 5.75 Å². The molecule has 1 aromatic carbocycles. The predicted molar refractivity (Wildman–Crippen MR) is 81.3 cm³/mol. The highest BCUT2D eigenvalue weighted by Crippen LogP contribution is 2.26. The van der Waals surface area contributed by atoms with Crippen molar-refractivity contribution in [2.24, 2.45) is 0 Å². The number of likely N-dealkylation sites (N-methyl/N-ethyl adjacent to an activating group) is 1. The number of nitrogens with one attached hydrogen (secondary N) is 2. The van der Waals surface area contributed by atoms with Crippen molar-refractivity contribution >= 4 is 11.9 Å². The molecule has 8 heteroatoms. The normalized spacial score (nSPS) is 13.2. The summed E-state index contributed by atoms with van der Waals surface area (Å²) < 4.78 is 29.2. The number of hydrogen-bond donors (Lipinski definition) is 2. The van der Waals surface area contributed by atoms with Gasteiger partial charge in [-0.3, -0.25) is 4.79 Å². The third kappa shape index (κ3) is 5.72. The molecule has 2 atom stereocenters. The maximum absolute atomic E-state index is 12.4. The van der Waals surface area contributed by atoms with Crippen molar-refractivity contribution < 1.29 is 23.1 Å². The standard InChI is InChI=1S/C15H21F2N3O3/c1-9(11-7-5-6-8-12(11)23-14(16)17)18-15(22)19-10(2)13(21)20(3)4/h5-10,14H,1-4H3,(H2,18,19,22)/t9-,10-/m0/s1. The average molecular weight is 329 g/mol. The van der Waals surface area contributed by atoms with E-state index >= 15 is 0 Å². The number of nitrogens with zero attached hydrogens (tertiary/aromatic N) is 1. The molecule has 0 saturated heterocycles. The Morgan fingerprint density at radius 1 is 1.13 bits per heavy atom. The summed E-state index contributed by atoms with van der Waals surface area (Å²) in [6, 6.07) is 4.34. The average Bonchev–Trinajstić information content (AvgIpc) is 2.45. The van der Waals surface area contributed by atoms with Gasteiger partial charge in [-0.15, -0.1) is 0 Å². The number of carbonyl (C=O) groups is 2. The fraction of sp³-hybridized carbons (Fsp3) is 0.467. The molecule has 0 radical (unpaired) electrons. The van der Waals surface area contributed by atoms with Crippen LogP contribution in [0.4, 0.5) is 13.6 Å². The summed E-state index contributed by atoms with van der Waals surface area (Å²) >= 11 is 0. The molecule has 0 unspecified atom stereocenters. The van der Waals surface area contributed by atoms with E-state index in [1.807, 2.05) is 0 Å². The van der Waals surface area contributed by atoms with E-state index in [0.717, 1.165) is 0 Å². The summed E-state index contributed by atoms with van der Waals surface area (Å²) in [5.74, 6) is -0.262.